The van der Waals surface area contributed by atoms with E-state index in [1.165, 1.54) is 10.6 Å². The fourth-order valence-electron chi connectivity index (χ4n) is 1.61. The number of fused-ring (bicyclic) bond motifs is 1. The molecule has 4 heteroatoms. The molecule has 1 unspecified atom stereocenters. The molecule has 0 saturated heterocycles. The molecule has 2 rings (SSSR count). The number of carbonyl (C=O) groups excluding carboxylic acids is 1. The largest absolute Gasteiger partial charge is 0.466 e. The third-order valence-electron chi connectivity index (χ3n) is 2.34. The first-order valence-corrected chi connectivity index (χ1v) is 5.66. The molecule has 76 valence electrons. The molecule has 2 heterocycles. The second kappa shape index (κ2) is 4.00. The van der Waals surface area contributed by atoms with Crippen LogP contribution in [0, 0.1) is 5.92 Å². The molecule has 0 aromatic carbocycles. The summed E-state index contributed by atoms with van der Waals surface area (Å²) in [6.07, 6.45) is 0.818. The van der Waals surface area contributed by atoms with Crippen LogP contribution in [0.2, 0.25) is 0 Å². The van der Waals surface area contributed by atoms with Crippen LogP contribution in [0.25, 0.3) is 0 Å². The molecule has 0 bridgehead atoms. The number of esters is 1. The average molecular weight is 211 g/mol. The molecule has 0 aliphatic carbocycles. The van der Waals surface area contributed by atoms with Gasteiger partial charge in [-0.2, -0.15) is 0 Å². The molecule has 0 radical (unpaired) electrons. The highest BCUT2D eigenvalue weighted by Crippen LogP contribution is 2.29. The maximum atomic E-state index is 11.5. The Kier molecular flexibility index (Phi) is 2.72. The number of hydrogen-bond donors (Lipinski definition) is 1. The van der Waals surface area contributed by atoms with Crippen LogP contribution in [-0.4, -0.2) is 19.1 Å². The third kappa shape index (κ3) is 1.75. The number of anilines is 1. The normalized spacial score (nSPS) is 19.6. The minimum Gasteiger partial charge on any atom is -0.466 e. The minimum atomic E-state index is -0.0842. The van der Waals surface area contributed by atoms with Crippen LogP contribution in [0.5, 0.6) is 0 Å². The highest BCUT2D eigenvalue weighted by atomic mass is 32.1. The maximum absolute atomic E-state index is 11.5. The van der Waals surface area contributed by atoms with E-state index in [9.17, 15) is 4.79 Å². The minimum absolute atomic E-state index is 0.0129. The Balaban J connectivity index is 2.04. The lowest BCUT2D eigenvalue weighted by molar-refractivity contribution is -0.147. The maximum Gasteiger partial charge on any atom is 0.311 e. The molecule has 0 saturated carbocycles. The zero-order valence-electron chi connectivity index (χ0n) is 8.08. The van der Waals surface area contributed by atoms with Crippen molar-refractivity contribution in [1.82, 2.24) is 0 Å². The fraction of sp³-hybridized carbons (Fsp3) is 0.500. The Morgan fingerprint density at radius 3 is 3.43 bits per heavy atom. The van der Waals surface area contributed by atoms with Crippen LogP contribution >= 0.6 is 11.3 Å². The summed E-state index contributed by atoms with van der Waals surface area (Å²) in [5, 5.41) is 5.29. The number of rotatable bonds is 2. The molecule has 1 aromatic rings. The molecule has 14 heavy (non-hydrogen) atoms. The van der Waals surface area contributed by atoms with Gasteiger partial charge in [0, 0.05) is 17.1 Å². The standard InChI is InChI=1S/C10H13NO2S/c1-2-13-10(12)7-5-9-8(11-6-7)3-4-14-9/h3-4,7,11H,2,5-6H2,1H3. The van der Waals surface area contributed by atoms with E-state index in [-0.39, 0.29) is 11.9 Å². The lowest BCUT2D eigenvalue weighted by atomic mass is 10.0. The Bertz CT molecular complexity index is 335. The van der Waals surface area contributed by atoms with Gasteiger partial charge in [-0.05, 0) is 24.8 Å². The van der Waals surface area contributed by atoms with Crippen molar-refractivity contribution in [3.63, 3.8) is 0 Å². The topological polar surface area (TPSA) is 38.3 Å². The van der Waals surface area contributed by atoms with E-state index >= 15 is 0 Å². The summed E-state index contributed by atoms with van der Waals surface area (Å²) in [5.74, 6) is -0.0971. The summed E-state index contributed by atoms with van der Waals surface area (Å²) >= 11 is 1.69. The Hall–Kier alpha value is -1.03. The van der Waals surface area contributed by atoms with Gasteiger partial charge >= 0.3 is 5.97 Å². The van der Waals surface area contributed by atoms with Crippen molar-refractivity contribution in [2.24, 2.45) is 5.92 Å². The van der Waals surface area contributed by atoms with E-state index in [0.29, 0.717) is 13.2 Å². The first-order chi connectivity index (χ1) is 6.81. The fourth-order valence-corrected chi connectivity index (χ4v) is 2.55. The summed E-state index contributed by atoms with van der Waals surface area (Å²) < 4.78 is 5.00. The quantitative estimate of drug-likeness (QED) is 0.759. The molecule has 1 aromatic heterocycles. The van der Waals surface area contributed by atoms with Crippen molar-refractivity contribution in [2.75, 3.05) is 18.5 Å². The number of hydrogen-bond acceptors (Lipinski definition) is 4. The van der Waals surface area contributed by atoms with Crippen LogP contribution in [0.4, 0.5) is 5.69 Å². The van der Waals surface area contributed by atoms with Crippen molar-refractivity contribution in [2.45, 2.75) is 13.3 Å². The predicted octanol–water partition coefficient (Wildman–Crippen LogP) is 1.90. The Morgan fingerprint density at radius 2 is 2.64 bits per heavy atom. The second-order valence-corrected chi connectivity index (χ2v) is 4.29. The smallest absolute Gasteiger partial charge is 0.311 e. The number of carbonyl (C=O) groups is 1. The van der Waals surface area contributed by atoms with Gasteiger partial charge in [-0.1, -0.05) is 0 Å². The summed E-state index contributed by atoms with van der Waals surface area (Å²) in [7, 11) is 0. The van der Waals surface area contributed by atoms with Crippen LogP contribution in [0.15, 0.2) is 11.4 Å². The molecule has 0 amide bonds. The van der Waals surface area contributed by atoms with Crippen molar-refractivity contribution in [1.29, 1.82) is 0 Å². The van der Waals surface area contributed by atoms with Gasteiger partial charge in [0.1, 0.15) is 0 Å². The van der Waals surface area contributed by atoms with Crippen LogP contribution in [0.1, 0.15) is 11.8 Å². The Morgan fingerprint density at radius 1 is 1.79 bits per heavy atom. The number of nitrogens with one attached hydrogen (secondary N) is 1. The first kappa shape index (κ1) is 9.52. The highest BCUT2D eigenvalue weighted by molar-refractivity contribution is 7.10. The molecule has 1 atom stereocenters. The number of thiophene rings is 1. The van der Waals surface area contributed by atoms with Gasteiger partial charge in [0.05, 0.1) is 12.5 Å². The van der Waals surface area contributed by atoms with E-state index in [2.05, 4.69) is 11.4 Å². The Labute approximate surface area is 87.1 Å². The van der Waals surface area contributed by atoms with Crippen molar-refractivity contribution < 1.29 is 9.53 Å². The van der Waals surface area contributed by atoms with Gasteiger partial charge in [-0.3, -0.25) is 4.79 Å². The third-order valence-corrected chi connectivity index (χ3v) is 3.28. The van der Waals surface area contributed by atoms with Crippen LogP contribution in [-0.2, 0) is 16.0 Å². The van der Waals surface area contributed by atoms with Crippen LogP contribution in [0.3, 0.4) is 0 Å². The zero-order valence-corrected chi connectivity index (χ0v) is 8.89. The second-order valence-electron chi connectivity index (χ2n) is 3.29. The summed E-state index contributed by atoms with van der Waals surface area (Å²) in [6, 6.07) is 2.06. The van der Waals surface area contributed by atoms with E-state index in [1.54, 1.807) is 11.3 Å². The molecule has 1 aliphatic rings. The summed E-state index contributed by atoms with van der Waals surface area (Å²) in [4.78, 5) is 12.7. The highest BCUT2D eigenvalue weighted by Gasteiger charge is 2.25. The lowest BCUT2D eigenvalue weighted by Crippen LogP contribution is -2.30. The lowest BCUT2D eigenvalue weighted by Gasteiger charge is -2.21. The average Bonchev–Trinajstić information content (AvgIpc) is 2.64. The zero-order chi connectivity index (χ0) is 9.97. The van der Waals surface area contributed by atoms with Crippen LogP contribution < -0.4 is 5.32 Å². The SMILES string of the molecule is CCOC(=O)C1CNc2ccsc2C1. The molecular formula is C10H13NO2S. The van der Waals surface area contributed by atoms with Gasteiger partial charge in [-0.25, -0.2) is 0 Å². The van der Waals surface area contributed by atoms with Gasteiger partial charge in [0.25, 0.3) is 0 Å². The molecule has 0 fully saturated rings. The molecule has 0 spiro atoms. The van der Waals surface area contributed by atoms with Crippen molar-refractivity contribution in [3.8, 4) is 0 Å². The monoisotopic (exact) mass is 211 g/mol. The summed E-state index contributed by atoms with van der Waals surface area (Å²) in [6.45, 7) is 3.00. The van der Waals surface area contributed by atoms with Gasteiger partial charge in [-0.15, -0.1) is 11.3 Å². The van der Waals surface area contributed by atoms with E-state index < -0.39 is 0 Å². The van der Waals surface area contributed by atoms with E-state index in [1.807, 2.05) is 12.3 Å². The number of ether oxygens (including phenoxy) is 1. The van der Waals surface area contributed by atoms with Gasteiger partial charge < -0.3 is 10.1 Å². The van der Waals surface area contributed by atoms with E-state index in [4.69, 9.17) is 4.74 Å². The molecule has 1 N–H and O–H groups in total. The van der Waals surface area contributed by atoms with Gasteiger partial charge in [0.15, 0.2) is 0 Å². The molecular weight excluding hydrogens is 198 g/mol. The first-order valence-electron chi connectivity index (χ1n) is 4.78. The predicted molar refractivity (Wildman–Crippen MR) is 56.6 cm³/mol. The molecule has 3 nitrogen and oxygen atoms in total. The molecule has 1 aliphatic heterocycles. The van der Waals surface area contributed by atoms with E-state index in [0.717, 1.165) is 6.42 Å². The summed E-state index contributed by atoms with van der Waals surface area (Å²) in [5.41, 5.74) is 1.18. The van der Waals surface area contributed by atoms with Crippen molar-refractivity contribution >= 4 is 23.0 Å². The van der Waals surface area contributed by atoms with Gasteiger partial charge in [0.2, 0.25) is 0 Å². The van der Waals surface area contributed by atoms with Crippen molar-refractivity contribution in [3.05, 3.63) is 16.3 Å².